The maximum atomic E-state index is 9.72. The number of aromatic hydroxyl groups is 1. The summed E-state index contributed by atoms with van der Waals surface area (Å²) in [6, 6.07) is 5.40. The normalized spacial score (nSPS) is 16.7. The Balaban J connectivity index is 1.85. The Labute approximate surface area is 125 Å². The van der Waals surface area contributed by atoms with Crippen molar-refractivity contribution < 1.29 is 9.63 Å². The van der Waals surface area contributed by atoms with Gasteiger partial charge in [0.05, 0.1) is 3.57 Å². The molecule has 1 aliphatic rings. The first-order valence-corrected chi connectivity index (χ1v) is 7.64. The molecule has 5 heteroatoms. The molecule has 2 aromatic rings. The van der Waals surface area contributed by atoms with E-state index in [2.05, 4.69) is 32.7 Å². The molecule has 0 radical (unpaired) electrons. The van der Waals surface area contributed by atoms with Crippen molar-refractivity contribution in [2.24, 2.45) is 0 Å². The molecule has 1 aliphatic carbocycles. The van der Waals surface area contributed by atoms with Crippen molar-refractivity contribution in [2.45, 2.75) is 38.0 Å². The van der Waals surface area contributed by atoms with Gasteiger partial charge in [-0.3, -0.25) is 0 Å². The lowest BCUT2D eigenvalue weighted by molar-refractivity contribution is 0.385. The van der Waals surface area contributed by atoms with E-state index in [1.54, 1.807) is 6.07 Å². The highest BCUT2D eigenvalue weighted by Crippen LogP contribution is 2.32. The minimum Gasteiger partial charge on any atom is -0.507 e. The summed E-state index contributed by atoms with van der Waals surface area (Å²) in [6.45, 7) is 0. The first kappa shape index (κ1) is 12.9. The molecule has 1 aromatic heterocycles. The smallest absolute Gasteiger partial charge is 0.258 e. The van der Waals surface area contributed by atoms with Gasteiger partial charge < -0.3 is 9.63 Å². The molecule has 0 unspecified atom stereocenters. The summed E-state index contributed by atoms with van der Waals surface area (Å²) in [4.78, 5) is 4.48. The Bertz CT molecular complexity index is 577. The van der Waals surface area contributed by atoms with Gasteiger partial charge in [0.15, 0.2) is 5.82 Å². The van der Waals surface area contributed by atoms with Crippen molar-refractivity contribution >= 4 is 22.6 Å². The number of aromatic nitrogens is 2. The van der Waals surface area contributed by atoms with Gasteiger partial charge >= 0.3 is 0 Å². The molecule has 1 N–H and O–H groups in total. The van der Waals surface area contributed by atoms with Crippen molar-refractivity contribution in [1.29, 1.82) is 0 Å². The summed E-state index contributed by atoms with van der Waals surface area (Å²) >= 11 is 2.08. The molecule has 0 bridgehead atoms. The Kier molecular flexibility index (Phi) is 3.72. The molecule has 3 rings (SSSR count). The molecule has 1 heterocycles. The number of nitrogens with zero attached hydrogens (tertiary/aromatic N) is 2. The van der Waals surface area contributed by atoms with Crippen LogP contribution in [0.3, 0.4) is 0 Å². The zero-order valence-corrected chi connectivity index (χ0v) is 12.6. The Morgan fingerprint density at radius 3 is 2.74 bits per heavy atom. The van der Waals surface area contributed by atoms with Gasteiger partial charge in [0.1, 0.15) is 5.75 Å². The van der Waals surface area contributed by atoms with E-state index in [-0.39, 0.29) is 5.75 Å². The van der Waals surface area contributed by atoms with E-state index >= 15 is 0 Å². The predicted octanol–water partition coefficient (Wildman–Crippen LogP) is 4.09. The highest BCUT2D eigenvalue weighted by Gasteiger charge is 2.21. The summed E-state index contributed by atoms with van der Waals surface area (Å²) in [5, 5.41) is 13.8. The molecule has 0 aliphatic heterocycles. The van der Waals surface area contributed by atoms with Gasteiger partial charge in [0.2, 0.25) is 0 Å². The lowest BCUT2D eigenvalue weighted by Gasteiger charge is -2.17. The lowest BCUT2D eigenvalue weighted by atomic mass is 9.89. The fourth-order valence-corrected chi connectivity index (χ4v) is 2.86. The number of halogens is 1. The second-order valence-electron chi connectivity index (χ2n) is 4.96. The maximum absolute atomic E-state index is 9.72. The molecule has 1 saturated carbocycles. The fourth-order valence-electron chi connectivity index (χ4n) is 2.52. The first-order valence-electron chi connectivity index (χ1n) is 6.56. The van der Waals surface area contributed by atoms with Crippen LogP contribution in [0, 0.1) is 3.57 Å². The van der Waals surface area contributed by atoms with Crippen molar-refractivity contribution in [3.63, 3.8) is 0 Å². The van der Waals surface area contributed by atoms with Crippen LogP contribution in [0.5, 0.6) is 5.75 Å². The van der Waals surface area contributed by atoms with Crippen LogP contribution in [0.1, 0.15) is 43.8 Å². The van der Waals surface area contributed by atoms with E-state index in [0.717, 1.165) is 27.8 Å². The summed E-state index contributed by atoms with van der Waals surface area (Å²) < 4.78 is 6.14. The van der Waals surface area contributed by atoms with Crippen LogP contribution in [0.15, 0.2) is 22.7 Å². The van der Waals surface area contributed by atoms with Crippen LogP contribution in [0.25, 0.3) is 11.5 Å². The number of phenols is 1. The van der Waals surface area contributed by atoms with E-state index in [0.29, 0.717) is 11.8 Å². The molecule has 0 spiro atoms. The minimum absolute atomic E-state index is 0.246. The average molecular weight is 370 g/mol. The van der Waals surface area contributed by atoms with E-state index in [1.807, 2.05) is 12.1 Å². The van der Waals surface area contributed by atoms with E-state index in [9.17, 15) is 5.11 Å². The van der Waals surface area contributed by atoms with Crippen LogP contribution < -0.4 is 0 Å². The maximum Gasteiger partial charge on any atom is 0.258 e. The van der Waals surface area contributed by atoms with Crippen molar-refractivity contribution in [3.05, 3.63) is 27.6 Å². The van der Waals surface area contributed by atoms with E-state index in [4.69, 9.17) is 4.52 Å². The molecular weight excluding hydrogens is 355 g/mol. The predicted molar refractivity (Wildman–Crippen MR) is 79.9 cm³/mol. The molecular formula is C14H15IN2O2. The first-order chi connectivity index (χ1) is 9.24. The largest absolute Gasteiger partial charge is 0.507 e. The summed E-state index contributed by atoms with van der Waals surface area (Å²) in [5.74, 6) is 1.99. The molecule has 0 atom stereocenters. The van der Waals surface area contributed by atoms with Gasteiger partial charge in [-0.2, -0.15) is 4.98 Å². The average Bonchev–Trinajstić information content (AvgIpc) is 2.93. The quantitative estimate of drug-likeness (QED) is 0.809. The van der Waals surface area contributed by atoms with Gasteiger partial charge in [-0.25, -0.2) is 0 Å². The van der Waals surface area contributed by atoms with Crippen molar-refractivity contribution in [3.8, 4) is 17.2 Å². The number of benzene rings is 1. The van der Waals surface area contributed by atoms with Gasteiger partial charge in [0, 0.05) is 11.5 Å². The summed E-state index contributed by atoms with van der Waals surface area (Å²) in [5.41, 5.74) is 0.771. The number of rotatable bonds is 2. The zero-order chi connectivity index (χ0) is 13.2. The van der Waals surface area contributed by atoms with Gasteiger partial charge in [0.25, 0.3) is 5.89 Å². The van der Waals surface area contributed by atoms with Crippen LogP contribution in [-0.4, -0.2) is 15.2 Å². The minimum atomic E-state index is 0.246. The topological polar surface area (TPSA) is 59.2 Å². The lowest BCUT2D eigenvalue weighted by Crippen LogP contribution is -2.06. The highest BCUT2D eigenvalue weighted by atomic mass is 127. The summed E-state index contributed by atoms with van der Waals surface area (Å²) in [6.07, 6.45) is 6.11. The SMILES string of the molecule is Oc1cc(-c2nc(C3CCCCC3)no2)ccc1I. The zero-order valence-electron chi connectivity index (χ0n) is 10.5. The van der Waals surface area contributed by atoms with Gasteiger partial charge in [-0.1, -0.05) is 24.4 Å². The van der Waals surface area contributed by atoms with Crippen LogP contribution in [-0.2, 0) is 0 Å². The number of phenolic OH excluding ortho intramolecular Hbond substituents is 1. The van der Waals surface area contributed by atoms with E-state index < -0.39 is 0 Å². The van der Waals surface area contributed by atoms with Crippen molar-refractivity contribution in [1.82, 2.24) is 10.1 Å². The molecule has 1 fully saturated rings. The molecule has 19 heavy (non-hydrogen) atoms. The van der Waals surface area contributed by atoms with Gasteiger partial charge in [-0.05, 0) is 53.6 Å². The third-order valence-corrected chi connectivity index (χ3v) is 4.52. The van der Waals surface area contributed by atoms with Crippen LogP contribution in [0.2, 0.25) is 0 Å². The van der Waals surface area contributed by atoms with Gasteiger partial charge in [-0.15, -0.1) is 0 Å². The third kappa shape index (κ3) is 2.75. The Morgan fingerprint density at radius 2 is 2.00 bits per heavy atom. The molecule has 0 saturated heterocycles. The molecule has 1 aromatic carbocycles. The molecule has 100 valence electrons. The summed E-state index contributed by atoms with van der Waals surface area (Å²) in [7, 11) is 0. The second kappa shape index (κ2) is 5.48. The number of hydrogen-bond acceptors (Lipinski definition) is 4. The number of hydrogen-bond donors (Lipinski definition) is 1. The fraction of sp³-hybridized carbons (Fsp3) is 0.429. The van der Waals surface area contributed by atoms with E-state index in [1.165, 1.54) is 19.3 Å². The van der Waals surface area contributed by atoms with Crippen molar-refractivity contribution in [2.75, 3.05) is 0 Å². The second-order valence-corrected chi connectivity index (χ2v) is 6.12. The molecule has 0 amide bonds. The Hall–Kier alpha value is -1.11. The molecule has 4 nitrogen and oxygen atoms in total. The van der Waals surface area contributed by atoms with Crippen LogP contribution in [0.4, 0.5) is 0 Å². The Morgan fingerprint density at radius 1 is 1.21 bits per heavy atom. The third-order valence-electron chi connectivity index (χ3n) is 3.61. The standard InChI is InChI=1S/C14H15IN2O2/c15-11-7-6-10(8-12(11)18)14-16-13(17-19-14)9-4-2-1-3-5-9/h6-9,18H,1-5H2. The highest BCUT2D eigenvalue weighted by molar-refractivity contribution is 14.1. The van der Waals surface area contributed by atoms with Crippen LogP contribution >= 0.6 is 22.6 Å². The monoisotopic (exact) mass is 370 g/mol.